The maximum absolute atomic E-state index is 12.4. The van der Waals surface area contributed by atoms with Gasteiger partial charge in [-0.15, -0.1) is 11.3 Å². The van der Waals surface area contributed by atoms with Crippen LogP contribution in [0.5, 0.6) is 0 Å². The molecule has 0 aliphatic carbocycles. The predicted octanol–water partition coefficient (Wildman–Crippen LogP) is 4.75. The normalized spacial score (nSPS) is 11.9. The Bertz CT molecular complexity index is 1050. The summed E-state index contributed by atoms with van der Waals surface area (Å²) < 4.78 is 7.87. The highest BCUT2D eigenvalue weighted by Gasteiger charge is 2.17. The summed E-state index contributed by atoms with van der Waals surface area (Å²) in [4.78, 5) is 29.2. The monoisotopic (exact) mass is 478 g/mol. The summed E-state index contributed by atoms with van der Waals surface area (Å²) >= 11 is 18.2. The molecule has 130 valence electrons. The first-order valence-corrected chi connectivity index (χ1v) is 9.97. The van der Waals surface area contributed by atoms with E-state index in [1.165, 1.54) is 29.8 Å². The van der Waals surface area contributed by atoms with Crippen molar-refractivity contribution in [1.29, 1.82) is 0 Å². The molecule has 1 amide bonds. The van der Waals surface area contributed by atoms with Gasteiger partial charge in [-0.05, 0) is 40.2 Å². The molecule has 3 rings (SSSR count). The van der Waals surface area contributed by atoms with E-state index < -0.39 is 11.9 Å². The Morgan fingerprint density at radius 2 is 2.00 bits per heavy atom. The Morgan fingerprint density at radius 3 is 2.64 bits per heavy atom. The molecule has 0 radical (unpaired) electrons. The van der Waals surface area contributed by atoms with Gasteiger partial charge in [-0.3, -0.25) is 9.59 Å². The molecule has 2 heterocycles. The smallest absolute Gasteiger partial charge is 0.325 e. The number of thiophene rings is 1. The Kier molecular flexibility index (Phi) is 5.65. The lowest BCUT2D eigenvalue weighted by Gasteiger charge is -2.05. The topological polar surface area (TPSA) is 60.7 Å². The number of nitrogens with zero attached hydrogens (tertiary/aromatic N) is 2. The van der Waals surface area contributed by atoms with Crippen molar-refractivity contribution in [3.05, 3.63) is 47.8 Å². The van der Waals surface area contributed by atoms with Gasteiger partial charge in [0.05, 0.1) is 36.0 Å². The van der Waals surface area contributed by atoms with Crippen molar-refractivity contribution in [2.45, 2.75) is 6.54 Å². The molecule has 0 saturated heterocycles. The lowest BCUT2D eigenvalue weighted by Crippen LogP contribution is -2.22. The van der Waals surface area contributed by atoms with E-state index in [-0.39, 0.29) is 6.54 Å². The Balaban J connectivity index is 2.21. The van der Waals surface area contributed by atoms with Crippen LogP contribution in [0.25, 0.3) is 10.2 Å². The molecule has 0 unspecified atom stereocenters. The van der Waals surface area contributed by atoms with Gasteiger partial charge in [-0.1, -0.05) is 34.5 Å². The van der Waals surface area contributed by atoms with Crippen LogP contribution in [0.1, 0.15) is 9.67 Å². The van der Waals surface area contributed by atoms with Crippen molar-refractivity contribution in [3.63, 3.8) is 0 Å². The summed E-state index contributed by atoms with van der Waals surface area (Å²) in [6, 6.07) is 6.89. The Labute approximate surface area is 168 Å². The highest BCUT2D eigenvalue weighted by Crippen LogP contribution is 2.32. The quantitative estimate of drug-likeness (QED) is 0.509. The lowest BCUT2D eigenvalue weighted by atomic mass is 10.3. The second-order valence-corrected chi connectivity index (χ2v) is 9.03. The van der Waals surface area contributed by atoms with E-state index in [4.69, 9.17) is 27.9 Å². The maximum atomic E-state index is 12.4. The maximum Gasteiger partial charge on any atom is 0.325 e. The average Bonchev–Trinajstić information content (AvgIpc) is 3.16. The summed E-state index contributed by atoms with van der Waals surface area (Å²) in [6.07, 6.45) is 0. The number of hydrogen-bond acceptors (Lipinski definition) is 5. The van der Waals surface area contributed by atoms with E-state index in [9.17, 15) is 9.59 Å². The third kappa shape index (κ3) is 3.83. The van der Waals surface area contributed by atoms with Crippen molar-refractivity contribution in [1.82, 2.24) is 4.57 Å². The minimum Gasteiger partial charge on any atom is -0.468 e. The van der Waals surface area contributed by atoms with Crippen LogP contribution in [-0.4, -0.2) is 23.6 Å². The number of benzene rings is 1. The third-order valence-corrected chi connectivity index (χ3v) is 6.68. The van der Waals surface area contributed by atoms with Gasteiger partial charge in [0.15, 0.2) is 4.80 Å². The van der Waals surface area contributed by atoms with Crippen LogP contribution in [0.3, 0.4) is 0 Å². The van der Waals surface area contributed by atoms with E-state index in [0.29, 0.717) is 25.2 Å². The molecule has 3 aromatic rings. The van der Waals surface area contributed by atoms with E-state index >= 15 is 0 Å². The van der Waals surface area contributed by atoms with Gasteiger partial charge in [0.2, 0.25) is 0 Å². The molecule has 1 aromatic carbocycles. The highest BCUT2D eigenvalue weighted by molar-refractivity contribution is 9.11. The molecular weight excluding hydrogens is 471 g/mol. The standard InChI is InChI=1S/C15H9BrCl2N2O3S2/c1-23-11(21)6-20-13-8(3-2-7(17)12(13)18)25-15(20)19-14(22)9-4-5-10(16)24-9/h2-5H,6H2,1H3. The Hall–Kier alpha value is -1.19. The molecule has 0 aliphatic rings. The van der Waals surface area contributed by atoms with E-state index in [1.807, 2.05) is 0 Å². The predicted molar refractivity (Wildman–Crippen MR) is 104 cm³/mol. The number of fused-ring (bicyclic) bond motifs is 1. The van der Waals surface area contributed by atoms with Crippen molar-refractivity contribution >= 4 is 83.9 Å². The molecule has 0 atom stereocenters. The van der Waals surface area contributed by atoms with Crippen LogP contribution in [0.2, 0.25) is 10.0 Å². The molecule has 0 fully saturated rings. The van der Waals surface area contributed by atoms with Crippen molar-refractivity contribution in [3.8, 4) is 0 Å². The minimum absolute atomic E-state index is 0.128. The number of carbonyl (C=O) groups is 2. The van der Waals surface area contributed by atoms with Crippen molar-refractivity contribution in [2.24, 2.45) is 4.99 Å². The fourth-order valence-corrected chi connectivity index (χ4v) is 4.88. The third-order valence-electron chi connectivity index (χ3n) is 3.23. The van der Waals surface area contributed by atoms with Gasteiger partial charge in [-0.2, -0.15) is 4.99 Å². The number of thiazole rings is 1. The van der Waals surface area contributed by atoms with Crippen LogP contribution < -0.4 is 4.80 Å². The fraction of sp³-hybridized carbons (Fsp3) is 0.133. The number of methoxy groups -OCH3 is 1. The number of amides is 1. The molecule has 0 saturated carbocycles. The molecule has 10 heteroatoms. The number of esters is 1. The first kappa shape index (κ1) is 18.6. The SMILES string of the molecule is COC(=O)Cn1c(=NC(=O)c2ccc(Br)s2)sc2ccc(Cl)c(Cl)c21. The summed E-state index contributed by atoms with van der Waals surface area (Å²) in [5.41, 5.74) is 0.545. The minimum atomic E-state index is -0.483. The first-order valence-electron chi connectivity index (χ1n) is 6.79. The van der Waals surface area contributed by atoms with E-state index in [1.54, 1.807) is 28.8 Å². The van der Waals surface area contributed by atoms with Crippen LogP contribution in [0, 0.1) is 0 Å². The Morgan fingerprint density at radius 1 is 1.24 bits per heavy atom. The van der Waals surface area contributed by atoms with Crippen LogP contribution in [0.15, 0.2) is 33.0 Å². The second-order valence-electron chi connectivity index (χ2n) is 4.78. The van der Waals surface area contributed by atoms with Gasteiger partial charge >= 0.3 is 5.97 Å². The zero-order valence-electron chi connectivity index (χ0n) is 12.6. The molecule has 2 aromatic heterocycles. The largest absolute Gasteiger partial charge is 0.468 e. The van der Waals surface area contributed by atoms with Gasteiger partial charge < -0.3 is 9.30 Å². The van der Waals surface area contributed by atoms with Gasteiger partial charge in [0.1, 0.15) is 6.54 Å². The van der Waals surface area contributed by atoms with Crippen LogP contribution in [0.4, 0.5) is 0 Å². The lowest BCUT2D eigenvalue weighted by molar-refractivity contribution is -0.141. The fourth-order valence-electron chi connectivity index (χ4n) is 2.10. The number of ether oxygens (including phenoxy) is 1. The summed E-state index contributed by atoms with van der Waals surface area (Å²) in [6.45, 7) is -0.128. The van der Waals surface area contributed by atoms with Gasteiger partial charge in [-0.25, -0.2) is 0 Å². The van der Waals surface area contributed by atoms with Crippen molar-refractivity contribution in [2.75, 3.05) is 7.11 Å². The zero-order chi connectivity index (χ0) is 18.1. The molecule has 25 heavy (non-hydrogen) atoms. The van der Waals surface area contributed by atoms with E-state index in [2.05, 4.69) is 20.9 Å². The van der Waals surface area contributed by atoms with Gasteiger partial charge in [0.25, 0.3) is 5.91 Å². The van der Waals surface area contributed by atoms with Crippen molar-refractivity contribution < 1.29 is 14.3 Å². The summed E-state index contributed by atoms with van der Waals surface area (Å²) in [7, 11) is 1.29. The molecule has 5 nitrogen and oxygen atoms in total. The molecule has 0 aliphatic heterocycles. The summed E-state index contributed by atoms with van der Waals surface area (Å²) in [5, 5.41) is 0.651. The molecule has 0 spiro atoms. The number of halogens is 3. The highest BCUT2D eigenvalue weighted by atomic mass is 79.9. The van der Waals surface area contributed by atoms with Gasteiger partial charge in [0, 0.05) is 0 Å². The van der Waals surface area contributed by atoms with Crippen LogP contribution in [-0.2, 0) is 16.1 Å². The number of aromatic nitrogens is 1. The molecule has 0 bridgehead atoms. The summed E-state index contributed by atoms with van der Waals surface area (Å²) in [5.74, 6) is -0.883. The zero-order valence-corrected chi connectivity index (χ0v) is 17.3. The number of rotatable bonds is 3. The number of carbonyl (C=O) groups excluding carboxylic acids is 2. The molecule has 0 N–H and O–H groups in total. The number of hydrogen-bond donors (Lipinski definition) is 0. The van der Waals surface area contributed by atoms with E-state index in [0.717, 1.165) is 8.49 Å². The van der Waals surface area contributed by atoms with Crippen LogP contribution >= 0.6 is 61.8 Å². The molecular formula is C15H9BrCl2N2O3S2. The first-order chi connectivity index (χ1) is 11.9. The second kappa shape index (κ2) is 7.59. The average molecular weight is 480 g/mol.